The smallest absolute Gasteiger partial charge is 0.293 e. The summed E-state index contributed by atoms with van der Waals surface area (Å²) in [4.78, 5) is 26.4. The van der Waals surface area contributed by atoms with Crippen LogP contribution >= 0.6 is 11.3 Å². The number of carbonyl (C=O) groups excluding carboxylic acids is 1. The van der Waals surface area contributed by atoms with Crippen molar-refractivity contribution in [3.05, 3.63) is 22.1 Å². The van der Waals surface area contributed by atoms with Crippen LogP contribution in [0.4, 0.5) is 0 Å². The number of fused-ring (bicyclic) bond motifs is 5. The molecule has 3 aromatic rings. The Morgan fingerprint density at radius 1 is 1.32 bits per heavy atom. The van der Waals surface area contributed by atoms with E-state index in [1.807, 2.05) is 18.7 Å². The van der Waals surface area contributed by atoms with E-state index in [2.05, 4.69) is 25.9 Å². The number of ether oxygens (including phenoxy) is 1. The van der Waals surface area contributed by atoms with E-state index in [1.54, 1.807) is 15.9 Å². The Bertz CT molecular complexity index is 1050. The maximum Gasteiger partial charge on any atom is 0.293 e. The maximum absolute atomic E-state index is 13.0. The second kappa shape index (κ2) is 7.08. The fourth-order valence-corrected chi connectivity index (χ4v) is 4.87. The summed E-state index contributed by atoms with van der Waals surface area (Å²) < 4.78 is 7.69. The van der Waals surface area contributed by atoms with E-state index in [0.717, 1.165) is 47.5 Å². The van der Waals surface area contributed by atoms with Crippen LogP contribution < -0.4 is 0 Å². The number of aromatic nitrogens is 4. The van der Waals surface area contributed by atoms with E-state index in [1.165, 1.54) is 10.4 Å². The zero-order chi connectivity index (χ0) is 20.1. The summed E-state index contributed by atoms with van der Waals surface area (Å²) >= 11 is 1.66. The largest absolute Gasteiger partial charge is 0.370 e. The van der Waals surface area contributed by atoms with Gasteiger partial charge in [-0.2, -0.15) is 4.52 Å². The highest BCUT2D eigenvalue weighted by molar-refractivity contribution is 7.19. The number of rotatable bonds is 5. The van der Waals surface area contributed by atoms with E-state index in [0.29, 0.717) is 13.2 Å². The van der Waals surface area contributed by atoms with Gasteiger partial charge in [-0.15, -0.1) is 16.4 Å². The van der Waals surface area contributed by atoms with Crippen molar-refractivity contribution in [1.29, 1.82) is 0 Å². The Kier molecular flexibility index (Phi) is 4.87. The highest BCUT2D eigenvalue weighted by atomic mass is 32.1. The number of aryl methyl sites for hydroxylation is 1. The quantitative estimate of drug-likeness (QED) is 0.651. The molecule has 4 rings (SSSR count). The van der Waals surface area contributed by atoms with Crippen LogP contribution in [-0.2, 0) is 17.8 Å². The number of carbonyl (C=O) groups is 1. The average molecular weight is 402 g/mol. The third kappa shape index (κ3) is 3.18. The number of hydrogen-bond donors (Lipinski definition) is 0. The van der Waals surface area contributed by atoms with Gasteiger partial charge < -0.3 is 9.64 Å². The van der Waals surface area contributed by atoms with Crippen molar-refractivity contribution in [2.45, 2.75) is 66.1 Å². The minimum Gasteiger partial charge on any atom is -0.370 e. The number of thiophene rings is 1. The zero-order valence-corrected chi connectivity index (χ0v) is 18.0. The predicted molar refractivity (Wildman–Crippen MR) is 110 cm³/mol. The molecule has 0 fully saturated rings. The summed E-state index contributed by atoms with van der Waals surface area (Å²) in [6, 6.07) is 0. The van der Waals surface area contributed by atoms with Crippen LogP contribution in [0.25, 0.3) is 15.9 Å². The molecular formula is C20H27N5O2S. The summed E-state index contributed by atoms with van der Waals surface area (Å²) in [5.41, 5.74) is 1.74. The molecule has 28 heavy (non-hydrogen) atoms. The maximum atomic E-state index is 13.0. The first kappa shape index (κ1) is 19.3. The van der Waals surface area contributed by atoms with E-state index < -0.39 is 0 Å². The van der Waals surface area contributed by atoms with Gasteiger partial charge in [0.25, 0.3) is 5.91 Å². The van der Waals surface area contributed by atoms with Crippen molar-refractivity contribution in [1.82, 2.24) is 24.5 Å². The number of amides is 1. The summed E-state index contributed by atoms with van der Waals surface area (Å²) in [5, 5.41) is 5.55. The number of nitrogens with zero attached hydrogens (tertiary/aromatic N) is 5. The van der Waals surface area contributed by atoms with Gasteiger partial charge in [-0.1, -0.05) is 13.3 Å². The zero-order valence-electron chi connectivity index (χ0n) is 17.2. The molecule has 8 heteroatoms. The van der Waals surface area contributed by atoms with Crippen LogP contribution in [0.5, 0.6) is 0 Å². The Labute approximate surface area is 168 Å². The fourth-order valence-electron chi connectivity index (χ4n) is 3.73. The van der Waals surface area contributed by atoms with Gasteiger partial charge in [-0.3, -0.25) is 4.79 Å². The first-order valence-electron chi connectivity index (χ1n) is 9.95. The predicted octanol–water partition coefficient (Wildman–Crippen LogP) is 3.76. The molecule has 0 bridgehead atoms. The summed E-state index contributed by atoms with van der Waals surface area (Å²) in [7, 11) is 0. The third-order valence-corrected chi connectivity index (χ3v) is 6.41. The van der Waals surface area contributed by atoms with Crippen molar-refractivity contribution < 1.29 is 9.53 Å². The van der Waals surface area contributed by atoms with Gasteiger partial charge in [-0.25, -0.2) is 9.97 Å². The van der Waals surface area contributed by atoms with Crippen molar-refractivity contribution in [3.63, 3.8) is 0 Å². The first-order chi connectivity index (χ1) is 13.3. The molecule has 0 saturated heterocycles. The summed E-state index contributed by atoms with van der Waals surface area (Å²) in [5.74, 6) is 0.881. The molecule has 3 aromatic heterocycles. The van der Waals surface area contributed by atoms with E-state index in [-0.39, 0.29) is 17.3 Å². The van der Waals surface area contributed by atoms with Crippen LogP contribution in [0.3, 0.4) is 0 Å². The SMILES string of the molecule is CCCCN(CC)C(=O)c1nc2c3c4c(sc3nc(C)n2n1)COC(C)(C)C4. The van der Waals surface area contributed by atoms with Crippen LogP contribution in [0.1, 0.15) is 67.4 Å². The molecule has 0 atom stereocenters. The van der Waals surface area contributed by atoms with Crippen LogP contribution in [0, 0.1) is 6.92 Å². The average Bonchev–Trinajstić information content (AvgIpc) is 3.23. The molecule has 0 radical (unpaired) electrons. The van der Waals surface area contributed by atoms with Gasteiger partial charge in [0.2, 0.25) is 5.82 Å². The second-order valence-electron chi connectivity index (χ2n) is 7.98. The van der Waals surface area contributed by atoms with Gasteiger partial charge in [0.1, 0.15) is 10.7 Å². The Hall–Kier alpha value is -2.06. The Morgan fingerprint density at radius 3 is 2.82 bits per heavy atom. The van der Waals surface area contributed by atoms with Crippen LogP contribution in [0.15, 0.2) is 0 Å². The van der Waals surface area contributed by atoms with Gasteiger partial charge in [0.05, 0.1) is 17.6 Å². The molecule has 0 N–H and O–H groups in total. The van der Waals surface area contributed by atoms with E-state index >= 15 is 0 Å². The second-order valence-corrected chi connectivity index (χ2v) is 9.06. The molecule has 7 nitrogen and oxygen atoms in total. The highest BCUT2D eigenvalue weighted by Crippen LogP contribution is 2.39. The molecule has 4 heterocycles. The Balaban J connectivity index is 1.85. The molecule has 1 amide bonds. The lowest BCUT2D eigenvalue weighted by Crippen LogP contribution is -2.32. The van der Waals surface area contributed by atoms with Gasteiger partial charge in [-0.05, 0) is 39.7 Å². The highest BCUT2D eigenvalue weighted by Gasteiger charge is 2.31. The van der Waals surface area contributed by atoms with Crippen molar-refractivity contribution in [2.75, 3.05) is 13.1 Å². The van der Waals surface area contributed by atoms with E-state index in [9.17, 15) is 4.79 Å². The minimum absolute atomic E-state index is 0.111. The number of hydrogen-bond acceptors (Lipinski definition) is 6. The lowest BCUT2D eigenvalue weighted by molar-refractivity contribution is -0.0379. The summed E-state index contributed by atoms with van der Waals surface area (Å²) in [6.45, 7) is 12.2. The van der Waals surface area contributed by atoms with Gasteiger partial charge in [0, 0.05) is 24.4 Å². The van der Waals surface area contributed by atoms with Crippen molar-refractivity contribution >= 4 is 33.1 Å². The summed E-state index contributed by atoms with van der Waals surface area (Å²) in [6.07, 6.45) is 2.83. The third-order valence-electron chi connectivity index (χ3n) is 5.31. The fraction of sp³-hybridized carbons (Fsp3) is 0.600. The molecular weight excluding hydrogens is 374 g/mol. The van der Waals surface area contributed by atoms with E-state index in [4.69, 9.17) is 14.7 Å². The lowest BCUT2D eigenvalue weighted by Gasteiger charge is -2.30. The molecule has 0 aromatic carbocycles. The molecule has 0 saturated carbocycles. The van der Waals surface area contributed by atoms with Gasteiger partial charge >= 0.3 is 0 Å². The molecule has 150 valence electrons. The van der Waals surface area contributed by atoms with Crippen molar-refractivity contribution in [2.24, 2.45) is 0 Å². The molecule has 0 unspecified atom stereocenters. The number of unbranched alkanes of at least 4 members (excludes halogenated alkanes) is 1. The molecule has 0 aliphatic carbocycles. The molecule has 1 aliphatic rings. The first-order valence-corrected chi connectivity index (χ1v) is 10.8. The van der Waals surface area contributed by atoms with Crippen molar-refractivity contribution in [3.8, 4) is 0 Å². The van der Waals surface area contributed by atoms with Crippen LogP contribution in [-0.4, -0.2) is 49.1 Å². The normalized spacial score (nSPS) is 15.9. The topological polar surface area (TPSA) is 72.6 Å². The monoisotopic (exact) mass is 401 g/mol. The van der Waals surface area contributed by atoms with Gasteiger partial charge in [0.15, 0.2) is 5.65 Å². The molecule has 1 aliphatic heterocycles. The standard InChI is InChI=1S/C20H27N5O2S/c1-6-8-9-24(7-2)19(26)16-22-17-15-13-10-20(4,5)27-11-14(13)28-18(15)21-12(3)25(17)23-16/h6-11H2,1-5H3. The molecule has 0 spiro atoms. The van der Waals surface area contributed by atoms with Crippen LogP contribution in [0.2, 0.25) is 0 Å². The lowest BCUT2D eigenvalue weighted by atomic mass is 9.94. The Morgan fingerprint density at radius 2 is 2.11 bits per heavy atom. The minimum atomic E-state index is -0.222.